The van der Waals surface area contributed by atoms with Gasteiger partial charge in [-0.05, 0) is 0 Å². The summed E-state index contributed by atoms with van der Waals surface area (Å²) in [4.78, 5) is 20.7. The summed E-state index contributed by atoms with van der Waals surface area (Å²) < 4.78 is 22.5. The normalized spacial score (nSPS) is 9.82. The maximum atomic E-state index is 13.4. The summed E-state index contributed by atoms with van der Waals surface area (Å²) in [6.07, 6.45) is 0. The van der Waals surface area contributed by atoms with Crippen molar-refractivity contribution in [2.45, 2.75) is 0 Å². The number of carbonyl (C=O) groups is 1. The Bertz CT molecular complexity index is 487. The second-order valence-electron chi connectivity index (χ2n) is 2.88. The Kier molecular flexibility index (Phi) is 3.46. The molecular formula is C9H8FNO6. The van der Waals surface area contributed by atoms with Crippen molar-refractivity contribution in [3.8, 4) is 11.5 Å². The van der Waals surface area contributed by atoms with E-state index in [4.69, 9.17) is 5.11 Å². The summed E-state index contributed by atoms with van der Waals surface area (Å²) >= 11 is 0. The van der Waals surface area contributed by atoms with Gasteiger partial charge in [-0.2, -0.15) is 0 Å². The van der Waals surface area contributed by atoms with Crippen molar-refractivity contribution in [2.24, 2.45) is 0 Å². The lowest BCUT2D eigenvalue weighted by Crippen LogP contribution is -2.08. The lowest BCUT2D eigenvalue weighted by molar-refractivity contribution is -0.386. The zero-order valence-electron chi connectivity index (χ0n) is 8.89. The summed E-state index contributed by atoms with van der Waals surface area (Å²) in [7, 11) is 2.08. The van der Waals surface area contributed by atoms with Gasteiger partial charge in [0.25, 0.3) is 0 Å². The van der Waals surface area contributed by atoms with Gasteiger partial charge < -0.3 is 14.6 Å². The Labute approximate surface area is 94.5 Å². The molecule has 1 aromatic carbocycles. The molecule has 8 heteroatoms. The number of carboxylic acids is 1. The largest absolute Gasteiger partial charge is 0.493 e. The fourth-order valence-electron chi connectivity index (χ4n) is 1.33. The molecule has 0 heterocycles. The smallest absolute Gasteiger partial charge is 0.346 e. The highest BCUT2D eigenvalue weighted by Crippen LogP contribution is 2.39. The van der Waals surface area contributed by atoms with E-state index in [0.717, 1.165) is 14.2 Å². The third kappa shape index (κ3) is 2.10. The van der Waals surface area contributed by atoms with Gasteiger partial charge >= 0.3 is 11.7 Å². The third-order valence-electron chi connectivity index (χ3n) is 1.99. The van der Waals surface area contributed by atoms with Crippen LogP contribution in [0.1, 0.15) is 10.4 Å². The first-order valence-electron chi connectivity index (χ1n) is 4.26. The van der Waals surface area contributed by atoms with Crippen molar-refractivity contribution in [2.75, 3.05) is 14.2 Å². The SMILES string of the molecule is COc1cc(F)c(OC)c(C(=O)O)c1[N+](=O)[O-]. The molecule has 0 fully saturated rings. The molecular weight excluding hydrogens is 237 g/mol. The summed E-state index contributed by atoms with van der Waals surface area (Å²) in [6, 6.07) is 0.698. The van der Waals surface area contributed by atoms with Crippen LogP contribution in [-0.4, -0.2) is 30.2 Å². The van der Waals surface area contributed by atoms with E-state index in [1.807, 2.05) is 0 Å². The van der Waals surface area contributed by atoms with E-state index in [0.29, 0.717) is 6.07 Å². The van der Waals surface area contributed by atoms with Crippen LogP contribution in [0.5, 0.6) is 11.5 Å². The predicted molar refractivity (Wildman–Crippen MR) is 53.1 cm³/mol. The van der Waals surface area contributed by atoms with E-state index in [1.54, 1.807) is 0 Å². The molecule has 7 nitrogen and oxygen atoms in total. The molecule has 0 aliphatic carbocycles. The maximum absolute atomic E-state index is 13.4. The summed E-state index contributed by atoms with van der Waals surface area (Å²) in [6.45, 7) is 0. The molecule has 0 saturated heterocycles. The molecule has 0 bridgehead atoms. The lowest BCUT2D eigenvalue weighted by atomic mass is 10.1. The highest BCUT2D eigenvalue weighted by molar-refractivity contribution is 5.97. The number of benzene rings is 1. The minimum Gasteiger partial charge on any atom is -0.493 e. The number of hydrogen-bond donors (Lipinski definition) is 1. The number of nitro benzene ring substituents is 1. The van der Waals surface area contributed by atoms with Gasteiger partial charge in [-0.1, -0.05) is 0 Å². The van der Waals surface area contributed by atoms with Gasteiger partial charge in [-0.25, -0.2) is 9.18 Å². The number of ether oxygens (including phenoxy) is 2. The van der Waals surface area contributed by atoms with E-state index < -0.39 is 39.5 Å². The number of nitrogens with zero attached hydrogens (tertiary/aromatic N) is 1. The van der Waals surface area contributed by atoms with Crippen LogP contribution in [0.2, 0.25) is 0 Å². The lowest BCUT2D eigenvalue weighted by Gasteiger charge is -2.09. The first-order chi connectivity index (χ1) is 7.93. The Morgan fingerprint density at radius 1 is 1.47 bits per heavy atom. The molecule has 0 amide bonds. The Balaban J connectivity index is 3.74. The van der Waals surface area contributed by atoms with Gasteiger partial charge in [0.15, 0.2) is 17.1 Å². The summed E-state index contributed by atoms with van der Waals surface area (Å²) in [5.41, 5.74) is -1.73. The molecule has 0 spiro atoms. The average molecular weight is 245 g/mol. The quantitative estimate of drug-likeness (QED) is 0.636. The van der Waals surface area contributed by atoms with Crippen LogP contribution in [-0.2, 0) is 0 Å². The van der Waals surface area contributed by atoms with Crippen LogP contribution in [0.3, 0.4) is 0 Å². The molecule has 0 unspecified atom stereocenters. The highest BCUT2D eigenvalue weighted by Gasteiger charge is 2.32. The van der Waals surface area contributed by atoms with Crippen LogP contribution in [0, 0.1) is 15.9 Å². The van der Waals surface area contributed by atoms with Crippen LogP contribution < -0.4 is 9.47 Å². The van der Waals surface area contributed by atoms with Gasteiger partial charge in [-0.3, -0.25) is 10.1 Å². The molecule has 0 aliphatic heterocycles. The van der Waals surface area contributed by atoms with Gasteiger partial charge in [0.1, 0.15) is 0 Å². The van der Waals surface area contributed by atoms with E-state index in [-0.39, 0.29) is 0 Å². The Morgan fingerprint density at radius 2 is 2.06 bits per heavy atom. The maximum Gasteiger partial charge on any atom is 0.346 e. The van der Waals surface area contributed by atoms with Crippen LogP contribution >= 0.6 is 0 Å². The van der Waals surface area contributed by atoms with Crippen molar-refractivity contribution in [1.29, 1.82) is 0 Å². The molecule has 1 N–H and O–H groups in total. The minimum absolute atomic E-state index is 0.481. The zero-order valence-corrected chi connectivity index (χ0v) is 8.89. The molecule has 0 saturated carbocycles. The number of carboxylic acid groups (broad SMARTS) is 1. The molecule has 0 radical (unpaired) electrons. The van der Waals surface area contributed by atoms with Gasteiger partial charge in [0.2, 0.25) is 5.75 Å². The molecule has 0 aromatic heterocycles. The van der Waals surface area contributed by atoms with Crippen molar-refractivity contribution < 1.29 is 28.7 Å². The van der Waals surface area contributed by atoms with Crippen molar-refractivity contribution in [3.63, 3.8) is 0 Å². The summed E-state index contributed by atoms with van der Waals surface area (Å²) in [5, 5.41) is 19.6. The predicted octanol–water partition coefficient (Wildman–Crippen LogP) is 1.45. The zero-order chi connectivity index (χ0) is 13.2. The van der Waals surface area contributed by atoms with Crippen molar-refractivity contribution in [3.05, 3.63) is 27.6 Å². The monoisotopic (exact) mass is 245 g/mol. The fraction of sp³-hybridized carbons (Fsp3) is 0.222. The summed E-state index contributed by atoms with van der Waals surface area (Å²) in [5.74, 6) is -3.91. The molecule has 1 aromatic rings. The number of rotatable bonds is 4. The van der Waals surface area contributed by atoms with Gasteiger partial charge in [-0.15, -0.1) is 0 Å². The van der Waals surface area contributed by atoms with Crippen LogP contribution in [0.25, 0.3) is 0 Å². The first-order valence-corrected chi connectivity index (χ1v) is 4.26. The van der Waals surface area contributed by atoms with Crippen molar-refractivity contribution in [1.82, 2.24) is 0 Å². The molecule has 1 rings (SSSR count). The van der Waals surface area contributed by atoms with Crippen LogP contribution in [0.15, 0.2) is 6.07 Å². The number of halogens is 1. The Hall–Kier alpha value is -2.38. The highest BCUT2D eigenvalue weighted by atomic mass is 19.1. The topological polar surface area (TPSA) is 98.9 Å². The van der Waals surface area contributed by atoms with Crippen molar-refractivity contribution >= 4 is 11.7 Å². The Morgan fingerprint density at radius 3 is 2.41 bits per heavy atom. The number of methoxy groups -OCH3 is 2. The molecule has 0 atom stereocenters. The second kappa shape index (κ2) is 4.64. The second-order valence-corrected chi connectivity index (χ2v) is 2.88. The standard InChI is InChI=1S/C9H8FNO6/c1-16-5-3-4(10)8(17-2)6(9(12)13)7(5)11(14)15/h3H,1-2H3,(H,12,13). The number of nitro groups is 1. The fourth-order valence-corrected chi connectivity index (χ4v) is 1.33. The minimum atomic E-state index is -1.67. The van der Waals surface area contributed by atoms with E-state index in [2.05, 4.69) is 9.47 Å². The van der Waals surface area contributed by atoms with Gasteiger partial charge in [0, 0.05) is 6.07 Å². The first kappa shape index (κ1) is 12.7. The van der Waals surface area contributed by atoms with Gasteiger partial charge in [0.05, 0.1) is 19.1 Å². The number of aromatic carboxylic acids is 1. The molecule has 0 aliphatic rings. The number of hydrogen-bond acceptors (Lipinski definition) is 5. The van der Waals surface area contributed by atoms with E-state index in [1.165, 1.54) is 0 Å². The molecule has 92 valence electrons. The van der Waals surface area contributed by atoms with Crippen LogP contribution in [0.4, 0.5) is 10.1 Å². The van der Waals surface area contributed by atoms with E-state index in [9.17, 15) is 19.3 Å². The average Bonchev–Trinajstić information content (AvgIpc) is 2.26. The third-order valence-corrected chi connectivity index (χ3v) is 1.99. The van der Waals surface area contributed by atoms with E-state index >= 15 is 0 Å². The molecule has 17 heavy (non-hydrogen) atoms.